The fourth-order valence-electron chi connectivity index (χ4n) is 5.35. The van der Waals surface area contributed by atoms with Crippen LogP contribution in [0.3, 0.4) is 0 Å². The van der Waals surface area contributed by atoms with Gasteiger partial charge in [-0.3, -0.25) is 14.6 Å². The molecule has 1 atom stereocenters. The number of aromatic nitrogens is 2. The van der Waals surface area contributed by atoms with Crippen molar-refractivity contribution in [3.8, 4) is 0 Å². The summed E-state index contributed by atoms with van der Waals surface area (Å²) in [5, 5.41) is 18.0. The van der Waals surface area contributed by atoms with Gasteiger partial charge in [0, 0.05) is 55.6 Å². The summed E-state index contributed by atoms with van der Waals surface area (Å²) in [6, 6.07) is 13.2. The first-order valence-corrected chi connectivity index (χ1v) is 15.1. The minimum Gasteiger partial charge on any atom is -0.397 e. The van der Waals surface area contributed by atoms with E-state index in [-0.39, 0.29) is 11.9 Å². The average Bonchev–Trinajstić information content (AvgIpc) is 3.36. The normalized spacial score (nSPS) is 14.7. The molecule has 5 rings (SSSR count). The number of pyridine rings is 2. The molecule has 0 saturated carbocycles. The molecule has 10 nitrogen and oxygen atoms in total. The second kappa shape index (κ2) is 13.3. The highest BCUT2D eigenvalue weighted by molar-refractivity contribution is 7.21. The smallest absolute Gasteiger partial charge is 0.260 e. The lowest BCUT2D eigenvalue weighted by Crippen LogP contribution is -2.44. The number of aliphatic hydroxyl groups is 1. The van der Waals surface area contributed by atoms with Crippen LogP contribution < -0.4 is 27.0 Å². The molecule has 42 heavy (non-hydrogen) atoms. The number of aryl methyl sites for hydroxylation is 1. The summed E-state index contributed by atoms with van der Waals surface area (Å²) in [6.45, 7) is 4.59. The van der Waals surface area contributed by atoms with Crippen LogP contribution in [0.15, 0.2) is 54.9 Å². The zero-order chi connectivity index (χ0) is 29.6. The Labute approximate surface area is 249 Å². The van der Waals surface area contributed by atoms with Crippen molar-refractivity contribution in [2.24, 2.45) is 5.73 Å². The summed E-state index contributed by atoms with van der Waals surface area (Å²) in [5.41, 5.74) is 15.6. The monoisotopic (exact) mass is 587 g/mol. The second-order valence-corrected chi connectivity index (χ2v) is 11.6. The number of rotatable bonds is 11. The van der Waals surface area contributed by atoms with Crippen LogP contribution >= 0.6 is 11.3 Å². The van der Waals surface area contributed by atoms with E-state index in [0.717, 1.165) is 71.5 Å². The van der Waals surface area contributed by atoms with Crippen LogP contribution in [-0.4, -0.2) is 52.6 Å². The largest absolute Gasteiger partial charge is 0.397 e. The van der Waals surface area contributed by atoms with E-state index in [1.807, 2.05) is 12.1 Å². The van der Waals surface area contributed by atoms with Gasteiger partial charge < -0.3 is 32.1 Å². The van der Waals surface area contributed by atoms with Crippen molar-refractivity contribution in [2.45, 2.75) is 51.3 Å². The Morgan fingerprint density at radius 3 is 2.62 bits per heavy atom. The molecule has 11 heteroatoms. The first-order chi connectivity index (χ1) is 20.3. The Kier molecular flexibility index (Phi) is 9.31. The molecule has 1 aliphatic heterocycles. The maximum absolute atomic E-state index is 12.5. The van der Waals surface area contributed by atoms with E-state index in [1.165, 1.54) is 11.3 Å². The molecule has 1 fully saturated rings. The number of nitrogens with zero attached hydrogens (tertiary/aromatic N) is 3. The van der Waals surface area contributed by atoms with Crippen molar-refractivity contribution < 1.29 is 14.7 Å². The van der Waals surface area contributed by atoms with Crippen LogP contribution in [0.1, 0.15) is 69.0 Å². The zero-order valence-electron chi connectivity index (χ0n) is 23.7. The van der Waals surface area contributed by atoms with Gasteiger partial charge in [-0.15, -0.1) is 11.3 Å². The van der Waals surface area contributed by atoms with Crippen molar-refractivity contribution in [3.63, 3.8) is 0 Å². The Balaban J connectivity index is 1.13. The fraction of sp³-hybridized carbons (Fsp3) is 0.355. The molecule has 1 aromatic carbocycles. The van der Waals surface area contributed by atoms with Crippen LogP contribution in [-0.2, 0) is 13.0 Å². The number of nitrogen functional groups attached to an aromatic ring is 1. The average molecular weight is 588 g/mol. The van der Waals surface area contributed by atoms with Crippen molar-refractivity contribution in [3.05, 3.63) is 82.0 Å². The highest BCUT2D eigenvalue weighted by atomic mass is 32.1. The zero-order valence-corrected chi connectivity index (χ0v) is 24.5. The third kappa shape index (κ3) is 6.70. The Morgan fingerprint density at radius 1 is 1.19 bits per heavy atom. The molecule has 3 aromatic heterocycles. The van der Waals surface area contributed by atoms with Gasteiger partial charge in [0.05, 0.1) is 11.8 Å². The summed E-state index contributed by atoms with van der Waals surface area (Å²) < 4.78 is 0. The molecule has 0 bridgehead atoms. The van der Waals surface area contributed by atoms with Crippen molar-refractivity contribution in [1.82, 2.24) is 20.6 Å². The van der Waals surface area contributed by atoms with E-state index in [4.69, 9.17) is 16.5 Å². The number of primary amides is 1. The molecule has 220 valence electrons. The number of thiophene rings is 1. The van der Waals surface area contributed by atoms with Gasteiger partial charge >= 0.3 is 0 Å². The number of fused-ring (bicyclic) bond motifs is 1. The number of carbonyl (C=O) groups is 2. The van der Waals surface area contributed by atoms with Gasteiger partial charge in [-0.05, 0) is 60.2 Å². The van der Waals surface area contributed by atoms with Gasteiger partial charge in [-0.1, -0.05) is 31.5 Å². The number of hydrogen-bond acceptors (Lipinski definition) is 9. The summed E-state index contributed by atoms with van der Waals surface area (Å²) in [5.74, 6) is 0.203. The predicted molar refractivity (Wildman–Crippen MR) is 167 cm³/mol. The number of piperidine rings is 1. The molecule has 7 N–H and O–H groups in total. The molecule has 0 spiro atoms. The highest BCUT2D eigenvalue weighted by Gasteiger charge is 2.24. The van der Waals surface area contributed by atoms with Gasteiger partial charge in [0.25, 0.3) is 11.8 Å². The Bertz CT molecular complexity index is 1530. The van der Waals surface area contributed by atoms with Gasteiger partial charge in [0.1, 0.15) is 15.5 Å². The molecule has 0 aliphatic carbocycles. The summed E-state index contributed by atoms with van der Waals surface area (Å²) >= 11 is 1.26. The molecule has 4 heterocycles. The lowest BCUT2D eigenvalue weighted by molar-refractivity contribution is 0.0949. The number of nitrogens with two attached hydrogens (primary N) is 2. The van der Waals surface area contributed by atoms with E-state index in [0.29, 0.717) is 29.2 Å². The highest BCUT2D eigenvalue weighted by Crippen LogP contribution is 2.37. The third-order valence-electron chi connectivity index (χ3n) is 7.66. The number of hydrogen-bond donors (Lipinski definition) is 5. The molecule has 2 amide bonds. The number of anilines is 2. The van der Waals surface area contributed by atoms with E-state index in [9.17, 15) is 14.7 Å². The molecule has 1 aliphatic rings. The van der Waals surface area contributed by atoms with Crippen molar-refractivity contribution in [2.75, 3.05) is 30.3 Å². The number of carbonyl (C=O) groups excluding carboxylic acids is 2. The molecule has 1 unspecified atom stereocenters. The van der Waals surface area contributed by atoms with Crippen LogP contribution in [0.4, 0.5) is 11.5 Å². The molecule has 0 radical (unpaired) electrons. The second-order valence-electron chi connectivity index (χ2n) is 10.6. The first kappa shape index (κ1) is 29.4. The van der Waals surface area contributed by atoms with Gasteiger partial charge in [-0.2, -0.15) is 0 Å². The van der Waals surface area contributed by atoms with Crippen molar-refractivity contribution >= 4 is 44.9 Å². The first-order valence-electron chi connectivity index (χ1n) is 14.3. The van der Waals surface area contributed by atoms with Gasteiger partial charge in [-0.25, -0.2) is 4.98 Å². The van der Waals surface area contributed by atoms with Crippen molar-refractivity contribution in [1.29, 1.82) is 0 Å². The molecule has 4 aromatic rings. The van der Waals surface area contributed by atoms with Crippen LogP contribution in [0, 0.1) is 0 Å². The Hall–Kier alpha value is -4.06. The fourth-order valence-corrected chi connectivity index (χ4v) is 6.34. The quantitative estimate of drug-likeness (QED) is 0.178. The molecule has 1 saturated heterocycles. The number of aliphatic hydroxyl groups excluding tert-OH is 1. The van der Waals surface area contributed by atoms with Gasteiger partial charge in [0.2, 0.25) is 0 Å². The third-order valence-corrected chi connectivity index (χ3v) is 8.78. The minimum atomic E-state index is -0.681. The summed E-state index contributed by atoms with van der Waals surface area (Å²) in [6.07, 6.45) is 6.35. The Morgan fingerprint density at radius 2 is 1.95 bits per heavy atom. The van der Waals surface area contributed by atoms with Crippen LogP contribution in [0.2, 0.25) is 0 Å². The maximum atomic E-state index is 12.5. The number of amides is 2. The predicted octanol–water partition coefficient (Wildman–Crippen LogP) is 3.55. The lowest BCUT2D eigenvalue weighted by atomic mass is 10.0. The molecular weight excluding hydrogens is 550 g/mol. The standard InChI is InChI=1S/C31H37N7O3S/c1-2-4-22-15-25(37-31-26(22)27(32)28(42-31)29(33)40)38-13-10-23(11-14-38)35-18-24(39)20-6-8-21(9-7-20)30(41)36-17-19-5-3-12-34-16-19/h3,5-9,12,15-16,23-24,35,39H,2,4,10-11,13-14,17-18,32H2,1H3,(H2,33,40)(H,36,41). The van der Waals surface area contributed by atoms with E-state index in [1.54, 1.807) is 36.7 Å². The topological polar surface area (TPSA) is 159 Å². The van der Waals surface area contributed by atoms with Crippen LogP contribution in [0.25, 0.3) is 10.2 Å². The van der Waals surface area contributed by atoms with E-state index >= 15 is 0 Å². The van der Waals surface area contributed by atoms with Gasteiger partial charge in [0.15, 0.2) is 0 Å². The number of benzene rings is 1. The van der Waals surface area contributed by atoms with Crippen LogP contribution in [0.5, 0.6) is 0 Å². The molecular formula is C31H37N7O3S. The van der Waals surface area contributed by atoms with E-state index < -0.39 is 12.0 Å². The summed E-state index contributed by atoms with van der Waals surface area (Å²) in [4.78, 5) is 36.6. The number of nitrogens with one attached hydrogen (secondary N) is 2. The SMILES string of the molecule is CCCc1cc(N2CCC(NCC(O)c3ccc(C(=O)NCc4cccnc4)cc3)CC2)nc2sc(C(N)=O)c(N)c12. The minimum absolute atomic E-state index is 0.170. The van der Waals surface area contributed by atoms with E-state index in [2.05, 4.69) is 33.5 Å². The lowest BCUT2D eigenvalue weighted by Gasteiger charge is -2.34. The maximum Gasteiger partial charge on any atom is 0.260 e. The summed E-state index contributed by atoms with van der Waals surface area (Å²) in [7, 11) is 0.